The van der Waals surface area contributed by atoms with Gasteiger partial charge in [-0.2, -0.15) is 0 Å². The molecule has 0 bridgehead atoms. The maximum Gasteiger partial charge on any atom is 0.289 e. The third kappa shape index (κ3) is 3.27. The molecule has 0 N–H and O–H groups in total. The van der Waals surface area contributed by atoms with Gasteiger partial charge in [0.25, 0.3) is 5.91 Å². The van der Waals surface area contributed by atoms with E-state index in [-0.39, 0.29) is 5.91 Å². The molecule has 1 aromatic carbocycles. The van der Waals surface area contributed by atoms with Crippen molar-refractivity contribution in [3.05, 3.63) is 59.6 Å². The number of fused-ring (bicyclic) bond motifs is 1. The molecule has 0 atom stereocenters. The van der Waals surface area contributed by atoms with Crippen LogP contribution in [0, 0.1) is 13.8 Å². The Morgan fingerprint density at radius 2 is 1.77 bits per heavy atom. The summed E-state index contributed by atoms with van der Waals surface area (Å²) >= 11 is 0. The quantitative estimate of drug-likeness (QED) is 0.724. The van der Waals surface area contributed by atoms with Crippen LogP contribution in [-0.4, -0.2) is 53.0 Å². The lowest BCUT2D eigenvalue weighted by Gasteiger charge is -2.34. The average Bonchev–Trinajstić information content (AvgIpc) is 3.28. The summed E-state index contributed by atoms with van der Waals surface area (Å²) in [5.74, 6) is 0.507. The van der Waals surface area contributed by atoms with Gasteiger partial charge in [-0.3, -0.25) is 9.69 Å². The molecule has 0 saturated carbocycles. The molecule has 1 fully saturated rings. The molecule has 0 unspecified atom stereocenters. The maximum absolute atomic E-state index is 12.9. The molecule has 3 aromatic rings. The number of carbonyl (C=O) groups is 1. The summed E-state index contributed by atoms with van der Waals surface area (Å²) in [5.41, 5.74) is 2.89. The Morgan fingerprint density at radius 3 is 2.50 bits per heavy atom. The van der Waals surface area contributed by atoms with Gasteiger partial charge in [-0.25, -0.2) is 0 Å². The second kappa shape index (κ2) is 7.00. The summed E-state index contributed by atoms with van der Waals surface area (Å²) in [6, 6.07) is 10.2. The summed E-state index contributed by atoms with van der Waals surface area (Å²) in [4.78, 5) is 17.3. The normalized spacial score (nSPS) is 15.7. The third-order valence-electron chi connectivity index (χ3n) is 5.29. The van der Waals surface area contributed by atoms with Crippen LogP contribution in [0.15, 0.2) is 47.1 Å². The van der Waals surface area contributed by atoms with Crippen molar-refractivity contribution in [1.82, 2.24) is 14.4 Å². The molecule has 1 amide bonds. The largest absolute Gasteiger partial charge is 0.451 e. The van der Waals surface area contributed by atoms with Gasteiger partial charge in [0.05, 0.1) is 0 Å². The highest BCUT2D eigenvalue weighted by molar-refractivity contribution is 5.99. The van der Waals surface area contributed by atoms with Gasteiger partial charge in [-0.1, -0.05) is 12.1 Å². The topological polar surface area (TPSA) is 41.6 Å². The van der Waals surface area contributed by atoms with E-state index in [2.05, 4.69) is 27.9 Å². The highest BCUT2D eigenvalue weighted by atomic mass is 16.3. The smallest absolute Gasteiger partial charge is 0.289 e. The molecule has 0 radical (unpaired) electrons. The zero-order valence-corrected chi connectivity index (χ0v) is 15.4. The third-order valence-corrected chi connectivity index (χ3v) is 5.29. The Balaban J connectivity index is 1.40. The Bertz CT molecular complexity index is 903. The number of amides is 1. The van der Waals surface area contributed by atoms with Crippen molar-refractivity contribution in [3.63, 3.8) is 0 Å². The zero-order chi connectivity index (χ0) is 18.1. The molecule has 26 heavy (non-hydrogen) atoms. The van der Waals surface area contributed by atoms with Crippen molar-refractivity contribution < 1.29 is 9.21 Å². The van der Waals surface area contributed by atoms with Crippen LogP contribution in [-0.2, 0) is 6.54 Å². The average molecular weight is 351 g/mol. The van der Waals surface area contributed by atoms with Gasteiger partial charge in [-0.15, -0.1) is 0 Å². The van der Waals surface area contributed by atoms with Crippen LogP contribution in [0.1, 0.15) is 21.7 Å². The lowest BCUT2D eigenvalue weighted by Crippen LogP contribution is -2.49. The van der Waals surface area contributed by atoms with Crippen LogP contribution in [0.3, 0.4) is 0 Å². The first-order chi connectivity index (χ1) is 12.6. The van der Waals surface area contributed by atoms with Gasteiger partial charge in [0.2, 0.25) is 0 Å². The minimum Gasteiger partial charge on any atom is -0.451 e. The Hall–Kier alpha value is -2.53. The van der Waals surface area contributed by atoms with Crippen molar-refractivity contribution in [1.29, 1.82) is 0 Å². The Labute approximate surface area is 153 Å². The summed E-state index contributed by atoms with van der Waals surface area (Å²) in [6.07, 6.45) is 4.18. The van der Waals surface area contributed by atoms with Gasteiger partial charge in [0.15, 0.2) is 5.76 Å². The molecule has 5 nitrogen and oxygen atoms in total. The van der Waals surface area contributed by atoms with Gasteiger partial charge in [0, 0.05) is 62.6 Å². The van der Waals surface area contributed by atoms with Crippen LogP contribution in [0.25, 0.3) is 11.0 Å². The van der Waals surface area contributed by atoms with Crippen LogP contribution in [0.5, 0.6) is 0 Å². The number of hydrogen-bond donors (Lipinski definition) is 0. The first-order valence-corrected chi connectivity index (χ1v) is 9.24. The number of hydrogen-bond acceptors (Lipinski definition) is 3. The van der Waals surface area contributed by atoms with E-state index in [0.717, 1.165) is 61.4 Å². The van der Waals surface area contributed by atoms with Crippen molar-refractivity contribution in [2.24, 2.45) is 0 Å². The minimum absolute atomic E-state index is 0.0152. The highest BCUT2D eigenvalue weighted by Crippen LogP contribution is 2.27. The summed E-state index contributed by atoms with van der Waals surface area (Å²) in [5, 5.41) is 1.03. The molecular formula is C21H25N3O2. The summed E-state index contributed by atoms with van der Waals surface area (Å²) in [7, 11) is 0. The van der Waals surface area contributed by atoms with Gasteiger partial charge in [-0.05, 0) is 37.6 Å². The number of furan rings is 1. The van der Waals surface area contributed by atoms with Crippen LogP contribution < -0.4 is 0 Å². The first-order valence-electron chi connectivity index (χ1n) is 9.24. The number of carbonyl (C=O) groups excluding carboxylic acids is 1. The molecule has 1 aliphatic heterocycles. The lowest BCUT2D eigenvalue weighted by atomic mass is 10.1. The van der Waals surface area contributed by atoms with Gasteiger partial charge in [0.1, 0.15) is 5.58 Å². The van der Waals surface area contributed by atoms with Gasteiger partial charge >= 0.3 is 0 Å². The minimum atomic E-state index is 0.0152. The van der Waals surface area contributed by atoms with Crippen molar-refractivity contribution in [3.8, 4) is 0 Å². The molecule has 4 rings (SSSR count). The van der Waals surface area contributed by atoms with Crippen molar-refractivity contribution >= 4 is 16.9 Å². The molecule has 2 aromatic heterocycles. The molecule has 3 heterocycles. The molecule has 0 aliphatic carbocycles. The number of rotatable bonds is 4. The second-order valence-electron chi connectivity index (χ2n) is 7.11. The SMILES string of the molecule is Cc1ccc2c(C)c(C(=O)N3CCN(CCn4cccc4)CC3)oc2c1. The fraction of sp³-hybridized carbons (Fsp3) is 0.381. The highest BCUT2D eigenvalue weighted by Gasteiger charge is 2.26. The fourth-order valence-electron chi connectivity index (χ4n) is 3.63. The standard InChI is InChI=1S/C21H25N3O2/c1-16-5-6-18-17(2)20(26-19(18)15-16)21(25)24-13-11-23(12-14-24)10-9-22-7-3-4-8-22/h3-8,15H,9-14H2,1-2H3. The van der Waals surface area contributed by atoms with E-state index in [1.165, 1.54) is 0 Å². The van der Waals surface area contributed by atoms with Crippen LogP contribution in [0.2, 0.25) is 0 Å². The van der Waals surface area contributed by atoms with E-state index in [1.54, 1.807) is 0 Å². The molecule has 1 aliphatic rings. The van der Waals surface area contributed by atoms with E-state index in [0.29, 0.717) is 5.76 Å². The second-order valence-corrected chi connectivity index (χ2v) is 7.11. The fourth-order valence-corrected chi connectivity index (χ4v) is 3.63. The van der Waals surface area contributed by atoms with Crippen molar-refractivity contribution in [2.45, 2.75) is 20.4 Å². The number of nitrogens with zero attached hydrogens (tertiary/aromatic N) is 3. The van der Waals surface area contributed by atoms with Crippen molar-refractivity contribution in [2.75, 3.05) is 32.7 Å². The summed E-state index contributed by atoms with van der Waals surface area (Å²) < 4.78 is 8.10. The molecule has 136 valence electrons. The molecule has 0 spiro atoms. The zero-order valence-electron chi connectivity index (χ0n) is 15.4. The number of piperazine rings is 1. The first kappa shape index (κ1) is 16.9. The number of aryl methyl sites for hydroxylation is 2. The lowest BCUT2D eigenvalue weighted by molar-refractivity contribution is 0.0604. The summed E-state index contributed by atoms with van der Waals surface area (Å²) in [6.45, 7) is 9.33. The Morgan fingerprint density at radius 1 is 1.04 bits per heavy atom. The molecular weight excluding hydrogens is 326 g/mol. The van der Waals surface area contributed by atoms with E-state index in [4.69, 9.17) is 4.42 Å². The monoisotopic (exact) mass is 351 g/mol. The van der Waals surface area contributed by atoms with Crippen LogP contribution >= 0.6 is 0 Å². The molecule has 5 heteroatoms. The van der Waals surface area contributed by atoms with E-state index >= 15 is 0 Å². The number of benzene rings is 1. The van der Waals surface area contributed by atoms with Gasteiger partial charge < -0.3 is 13.9 Å². The van der Waals surface area contributed by atoms with Crippen LogP contribution in [0.4, 0.5) is 0 Å². The maximum atomic E-state index is 12.9. The predicted molar refractivity (Wildman–Crippen MR) is 102 cm³/mol. The predicted octanol–water partition coefficient (Wildman–Crippen LogP) is 3.31. The number of aromatic nitrogens is 1. The van der Waals surface area contributed by atoms with E-state index in [9.17, 15) is 4.79 Å². The van der Waals surface area contributed by atoms with E-state index < -0.39 is 0 Å². The Kier molecular flexibility index (Phi) is 4.55. The molecule has 1 saturated heterocycles. The van der Waals surface area contributed by atoms with E-state index in [1.807, 2.05) is 43.0 Å².